The summed E-state index contributed by atoms with van der Waals surface area (Å²) in [7, 11) is 2.74. The number of thioether (sulfide) groups is 1. The van der Waals surface area contributed by atoms with Crippen molar-refractivity contribution in [2.24, 2.45) is 0 Å². The van der Waals surface area contributed by atoms with Crippen LogP contribution < -0.4 is 21.3 Å². The molecule has 5 amide bonds. The number of esters is 1. The second kappa shape index (κ2) is 19.2. The Hall–Kier alpha value is -5.37. The third-order valence-corrected chi connectivity index (χ3v) is 11.2. The number of aryl methyl sites for hydroxylation is 1. The van der Waals surface area contributed by atoms with E-state index in [4.69, 9.17) is 9.47 Å². The number of amides is 5. The lowest BCUT2D eigenvalue weighted by molar-refractivity contribution is -0.134. The van der Waals surface area contributed by atoms with Crippen molar-refractivity contribution in [1.82, 2.24) is 20.9 Å². The maximum absolute atomic E-state index is 14.3. The van der Waals surface area contributed by atoms with Gasteiger partial charge in [0.15, 0.2) is 0 Å². The highest BCUT2D eigenvalue weighted by Crippen LogP contribution is 2.30. The molecule has 0 fully saturated rings. The predicted molar refractivity (Wildman–Crippen MR) is 221 cm³/mol. The molecule has 1 aliphatic carbocycles. The molecule has 4 N–H and O–H groups in total. The smallest absolute Gasteiger partial charge is 0.410 e. The number of methoxy groups -OCH3 is 1. The lowest BCUT2D eigenvalue weighted by Gasteiger charge is -2.35. The van der Waals surface area contributed by atoms with Gasteiger partial charge in [0.1, 0.15) is 23.7 Å². The quantitative estimate of drug-likeness (QED) is 0.147. The zero-order valence-electron chi connectivity index (χ0n) is 34.2. The maximum atomic E-state index is 14.3. The maximum Gasteiger partial charge on any atom is 0.410 e. The first kappa shape index (κ1) is 44.3. The molecule has 3 aromatic carbocycles. The van der Waals surface area contributed by atoms with Gasteiger partial charge in [-0.2, -0.15) is 11.8 Å². The van der Waals surface area contributed by atoms with Crippen molar-refractivity contribution >= 4 is 53.1 Å². The molecule has 57 heavy (non-hydrogen) atoms. The Morgan fingerprint density at radius 3 is 2.09 bits per heavy atom. The van der Waals surface area contributed by atoms with Crippen molar-refractivity contribution in [3.05, 3.63) is 101 Å². The van der Waals surface area contributed by atoms with E-state index in [1.165, 1.54) is 60.6 Å². The van der Waals surface area contributed by atoms with Crippen LogP contribution in [0, 0.1) is 0 Å². The van der Waals surface area contributed by atoms with Gasteiger partial charge in [-0.05, 0) is 120 Å². The molecule has 3 aromatic rings. The number of anilines is 1. The van der Waals surface area contributed by atoms with E-state index in [2.05, 4.69) is 27.3 Å². The fraction of sp³-hybridized carbons (Fsp3) is 0.442. The Morgan fingerprint density at radius 2 is 1.47 bits per heavy atom. The molecule has 0 radical (unpaired) electrons. The molecule has 0 saturated carbocycles. The zero-order valence-corrected chi connectivity index (χ0v) is 35.0. The van der Waals surface area contributed by atoms with E-state index in [0.29, 0.717) is 22.4 Å². The van der Waals surface area contributed by atoms with Crippen LogP contribution in [-0.4, -0.2) is 89.5 Å². The number of benzene rings is 3. The van der Waals surface area contributed by atoms with Crippen LogP contribution in [0.15, 0.2) is 72.8 Å². The molecule has 0 aromatic heterocycles. The van der Waals surface area contributed by atoms with Crippen LogP contribution in [0.5, 0.6) is 0 Å². The van der Waals surface area contributed by atoms with Crippen LogP contribution in [0.2, 0.25) is 0 Å². The minimum atomic E-state index is -1.10. The van der Waals surface area contributed by atoms with E-state index in [-0.39, 0.29) is 24.3 Å². The molecule has 0 bridgehead atoms. The summed E-state index contributed by atoms with van der Waals surface area (Å²) in [5.41, 5.74) is 3.31. The molecular formula is C43H55N5O8S. The Balaban J connectivity index is 1.56. The average molecular weight is 802 g/mol. The second-order valence-corrected chi connectivity index (χ2v) is 17.1. The molecule has 0 saturated heterocycles. The first-order chi connectivity index (χ1) is 26.8. The van der Waals surface area contributed by atoms with Crippen LogP contribution >= 0.6 is 11.8 Å². The fourth-order valence-electron chi connectivity index (χ4n) is 6.28. The summed E-state index contributed by atoms with van der Waals surface area (Å²) in [4.78, 5) is 80.7. The van der Waals surface area contributed by atoms with Gasteiger partial charge in [-0.25, -0.2) is 9.59 Å². The lowest BCUT2D eigenvalue weighted by atomic mass is 9.87. The van der Waals surface area contributed by atoms with Gasteiger partial charge in [0.05, 0.1) is 18.7 Å². The second-order valence-electron chi connectivity index (χ2n) is 15.7. The summed E-state index contributed by atoms with van der Waals surface area (Å²) in [5.74, 6) is -2.41. The number of nitrogens with zero attached hydrogens (tertiary/aromatic N) is 1. The Bertz CT molecular complexity index is 1930. The molecule has 4 unspecified atom stereocenters. The molecule has 0 spiro atoms. The third kappa shape index (κ3) is 12.1. The molecule has 306 valence electrons. The third-order valence-electron chi connectivity index (χ3n) is 9.95. The summed E-state index contributed by atoms with van der Waals surface area (Å²) in [6, 6.07) is 17.6. The Labute approximate surface area is 339 Å². The molecule has 0 heterocycles. The highest BCUT2D eigenvalue weighted by Gasteiger charge is 2.40. The summed E-state index contributed by atoms with van der Waals surface area (Å²) in [5, 5.41) is 11.8. The molecule has 4 atom stereocenters. The number of carbonyl (C=O) groups excluding carboxylic acids is 6. The topological polar surface area (TPSA) is 172 Å². The average Bonchev–Trinajstić information content (AvgIpc) is 3.18. The molecule has 0 aliphatic heterocycles. The molecule has 1 aliphatic rings. The van der Waals surface area contributed by atoms with Gasteiger partial charge < -0.3 is 30.7 Å². The van der Waals surface area contributed by atoms with Gasteiger partial charge in [0.2, 0.25) is 17.7 Å². The van der Waals surface area contributed by atoms with Gasteiger partial charge in [-0.15, -0.1) is 0 Å². The highest BCUT2D eigenvalue weighted by atomic mass is 32.2. The van der Waals surface area contributed by atoms with Crippen molar-refractivity contribution < 1.29 is 38.2 Å². The van der Waals surface area contributed by atoms with Crippen LogP contribution in [0.25, 0.3) is 0 Å². The summed E-state index contributed by atoms with van der Waals surface area (Å²) >= 11 is 1.37. The van der Waals surface area contributed by atoms with Crippen molar-refractivity contribution in [2.45, 2.75) is 102 Å². The SMILES string of the molecule is COC(=O)c1ccc(C(=O)Nc2ccc(CC(NC(=O)C(NC(=O)C(C)N(C)C(=O)OC(C)(C)C)C(C)(C)SC)C(=O)NC3CCCc4ccccc43)cc2)cc1. The van der Waals surface area contributed by atoms with Crippen LogP contribution in [0.4, 0.5) is 10.5 Å². The molecule has 13 nitrogen and oxygen atoms in total. The Morgan fingerprint density at radius 1 is 0.842 bits per heavy atom. The van der Waals surface area contributed by atoms with E-state index < -0.39 is 52.4 Å². The van der Waals surface area contributed by atoms with Gasteiger partial charge in [-0.1, -0.05) is 36.4 Å². The van der Waals surface area contributed by atoms with Crippen molar-refractivity contribution in [3.8, 4) is 0 Å². The summed E-state index contributed by atoms with van der Waals surface area (Å²) in [6.45, 7) is 10.4. The van der Waals surface area contributed by atoms with Crippen LogP contribution in [-0.2, 0) is 36.7 Å². The molecular weight excluding hydrogens is 747 g/mol. The summed E-state index contributed by atoms with van der Waals surface area (Å²) < 4.78 is 9.33. The number of carbonyl (C=O) groups is 6. The largest absolute Gasteiger partial charge is 0.465 e. The normalized spacial score (nSPS) is 15.4. The van der Waals surface area contributed by atoms with Gasteiger partial charge in [0.25, 0.3) is 5.91 Å². The number of hydrogen-bond acceptors (Lipinski definition) is 9. The van der Waals surface area contributed by atoms with E-state index in [1.54, 1.807) is 52.0 Å². The van der Waals surface area contributed by atoms with Crippen LogP contribution in [0.3, 0.4) is 0 Å². The monoisotopic (exact) mass is 801 g/mol. The lowest BCUT2D eigenvalue weighted by Crippen LogP contribution is -2.62. The minimum absolute atomic E-state index is 0.104. The van der Waals surface area contributed by atoms with E-state index in [1.807, 2.05) is 38.3 Å². The van der Waals surface area contributed by atoms with Crippen LogP contribution in [0.1, 0.15) is 97.8 Å². The van der Waals surface area contributed by atoms with Crippen molar-refractivity contribution in [3.63, 3.8) is 0 Å². The van der Waals surface area contributed by atoms with Gasteiger partial charge in [-0.3, -0.25) is 24.1 Å². The number of fused-ring (bicyclic) bond motifs is 1. The summed E-state index contributed by atoms with van der Waals surface area (Å²) in [6.07, 6.45) is 3.80. The minimum Gasteiger partial charge on any atom is -0.465 e. The molecule has 4 rings (SSSR count). The number of hydrogen-bond donors (Lipinski definition) is 4. The van der Waals surface area contributed by atoms with E-state index >= 15 is 0 Å². The van der Waals surface area contributed by atoms with E-state index in [9.17, 15) is 28.8 Å². The standard InChI is InChI=1S/C43H55N5O8S/c1-26(48(7)41(54)56-42(2,3)4)36(49)47-35(43(5,6)57-9)39(52)46-34(38(51)45-33-16-12-14-28-13-10-11-15-32(28)33)25-27-17-23-31(24-18-27)44-37(50)29-19-21-30(22-20-29)40(53)55-8/h10-11,13,15,17-24,26,33-35H,12,14,16,25H2,1-9H3,(H,44,50)(H,45,51)(H,46,52)(H,47,49). The number of rotatable bonds is 14. The first-order valence-corrected chi connectivity index (χ1v) is 20.1. The van der Waals surface area contributed by atoms with Crippen molar-refractivity contribution in [1.29, 1.82) is 0 Å². The van der Waals surface area contributed by atoms with Gasteiger partial charge >= 0.3 is 12.1 Å². The van der Waals surface area contributed by atoms with Gasteiger partial charge in [0, 0.05) is 29.5 Å². The van der Waals surface area contributed by atoms with Crippen molar-refractivity contribution in [2.75, 3.05) is 25.7 Å². The predicted octanol–water partition coefficient (Wildman–Crippen LogP) is 5.83. The Kier molecular flexibility index (Phi) is 14.9. The first-order valence-electron chi connectivity index (χ1n) is 18.9. The highest BCUT2D eigenvalue weighted by molar-refractivity contribution is 8.00. The fourth-order valence-corrected chi connectivity index (χ4v) is 6.68. The molecule has 14 heteroatoms. The zero-order chi connectivity index (χ0) is 42.1. The van der Waals surface area contributed by atoms with E-state index in [0.717, 1.165) is 24.8 Å². The number of ether oxygens (including phenoxy) is 2. The number of nitrogens with one attached hydrogen (secondary N) is 4. The number of likely N-dealkylation sites (N-methyl/N-ethyl adjacent to an activating group) is 1.